The van der Waals surface area contributed by atoms with Crippen LogP contribution in [-0.4, -0.2) is 80.0 Å². The minimum absolute atomic E-state index is 0.155. The van der Waals surface area contributed by atoms with Crippen LogP contribution in [0.4, 0.5) is 0 Å². The predicted molar refractivity (Wildman–Crippen MR) is 133 cm³/mol. The summed E-state index contributed by atoms with van der Waals surface area (Å²) < 4.78 is 48.3. The third-order valence-electron chi connectivity index (χ3n) is 8.40. The summed E-state index contributed by atoms with van der Waals surface area (Å²) in [6.45, 7) is 9.42. The second kappa shape index (κ2) is 11.4. The first-order valence-corrected chi connectivity index (χ1v) is 14.3. The SMILES string of the molecule is C=C(C)C(=O)OC1O[C@H](C2COC3(CCCCC3C(=O)OCC)O2)[C@@H]2OC3(CCCCC3C(=O)OCC)O[C@H]12. The van der Waals surface area contributed by atoms with Crippen LogP contribution < -0.4 is 0 Å². The molecule has 2 aliphatic carbocycles. The lowest BCUT2D eigenvalue weighted by molar-refractivity contribution is -0.282. The van der Waals surface area contributed by atoms with Gasteiger partial charge in [0.25, 0.3) is 0 Å². The molecule has 0 aromatic carbocycles. The number of rotatable bonds is 7. The Bertz CT molecular complexity index is 967. The minimum Gasteiger partial charge on any atom is -0.466 e. The minimum atomic E-state index is -1.22. The van der Waals surface area contributed by atoms with E-state index in [0.29, 0.717) is 25.7 Å². The van der Waals surface area contributed by atoms with Crippen LogP contribution in [0.15, 0.2) is 12.2 Å². The second-order valence-corrected chi connectivity index (χ2v) is 11.0. The Morgan fingerprint density at radius 2 is 1.41 bits per heavy atom. The predicted octanol–water partition coefficient (Wildman–Crippen LogP) is 2.93. The van der Waals surface area contributed by atoms with Crippen molar-refractivity contribution in [3.05, 3.63) is 12.2 Å². The topological polar surface area (TPSA) is 125 Å². The lowest BCUT2D eigenvalue weighted by Crippen LogP contribution is -2.50. The lowest BCUT2D eigenvalue weighted by Gasteiger charge is -2.40. The van der Waals surface area contributed by atoms with Crippen molar-refractivity contribution < 1.29 is 52.3 Å². The first-order valence-electron chi connectivity index (χ1n) is 14.3. The molecule has 2 spiro atoms. The van der Waals surface area contributed by atoms with Gasteiger partial charge >= 0.3 is 17.9 Å². The Labute approximate surface area is 228 Å². The molecule has 11 nitrogen and oxygen atoms in total. The molecule has 39 heavy (non-hydrogen) atoms. The van der Waals surface area contributed by atoms with E-state index in [1.54, 1.807) is 20.8 Å². The number of hydrogen-bond acceptors (Lipinski definition) is 11. The third kappa shape index (κ3) is 5.24. The summed E-state index contributed by atoms with van der Waals surface area (Å²) in [5, 5.41) is 0. The highest BCUT2D eigenvalue weighted by Crippen LogP contribution is 2.52. The molecule has 0 aromatic heterocycles. The molecule has 5 rings (SSSR count). The van der Waals surface area contributed by atoms with Gasteiger partial charge in [-0.25, -0.2) is 4.79 Å². The maximum absolute atomic E-state index is 12.9. The quantitative estimate of drug-likeness (QED) is 0.263. The van der Waals surface area contributed by atoms with Gasteiger partial charge in [-0.3, -0.25) is 9.59 Å². The van der Waals surface area contributed by atoms with Crippen molar-refractivity contribution in [1.82, 2.24) is 0 Å². The molecular formula is C28H40O11. The lowest BCUT2D eigenvalue weighted by atomic mass is 9.83. The van der Waals surface area contributed by atoms with E-state index in [-0.39, 0.29) is 37.3 Å². The van der Waals surface area contributed by atoms with Crippen LogP contribution in [0.3, 0.4) is 0 Å². The highest BCUT2D eigenvalue weighted by Gasteiger charge is 2.66. The number of carbonyl (C=O) groups is 3. The molecule has 0 radical (unpaired) electrons. The number of fused-ring (bicyclic) bond motifs is 1. The molecule has 0 aromatic rings. The highest BCUT2D eigenvalue weighted by molar-refractivity contribution is 5.87. The molecule has 3 saturated heterocycles. The van der Waals surface area contributed by atoms with E-state index >= 15 is 0 Å². The van der Waals surface area contributed by atoms with E-state index in [4.69, 9.17) is 37.9 Å². The molecular weight excluding hydrogens is 512 g/mol. The summed E-state index contributed by atoms with van der Waals surface area (Å²) >= 11 is 0. The average Bonchev–Trinajstić information content (AvgIpc) is 3.58. The largest absolute Gasteiger partial charge is 0.466 e. The molecule has 2 saturated carbocycles. The summed E-state index contributed by atoms with van der Waals surface area (Å²) in [4.78, 5) is 38.2. The van der Waals surface area contributed by atoms with Crippen LogP contribution in [0.5, 0.6) is 0 Å². The summed E-state index contributed by atoms with van der Waals surface area (Å²) in [5.74, 6) is -4.83. The Kier molecular flexibility index (Phi) is 8.36. The van der Waals surface area contributed by atoms with Crippen LogP contribution in [-0.2, 0) is 52.3 Å². The van der Waals surface area contributed by atoms with E-state index in [2.05, 4.69) is 6.58 Å². The van der Waals surface area contributed by atoms with Gasteiger partial charge in [0.1, 0.15) is 30.1 Å². The van der Waals surface area contributed by atoms with Gasteiger partial charge in [-0.05, 0) is 46.5 Å². The molecule has 0 amide bonds. The molecule has 3 aliphatic heterocycles. The van der Waals surface area contributed by atoms with Crippen LogP contribution in [0.2, 0.25) is 0 Å². The van der Waals surface area contributed by atoms with E-state index < -0.39 is 60.1 Å². The van der Waals surface area contributed by atoms with Crippen molar-refractivity contribution in [1.29, 1.82) is 0 Å². The van der Waals surface area contributed by atoms with E-state index in [1.165, 1.54) is 0 Å². The number of hydrogen-bond donors (Lipinski definition) is 0. The van der Waals surface area contributed by atoms with Gasteiger partial charge in [0.2, 0.25) is 6.29 Å². The molecule has 0 bridgehead atoms. The molecule has 9 atom stereocenters. The summed E-state index contributed by atoms with van der Waals surface area (Å²) in [5.41, 5.74) is 0.216. The van der Waals surface area contributed by atoms with Crippen molar-refractivity contribution >= 4 is 17.9 Å². The zero-order valence-electron chi connectivity index (χ0n) is 23.0. The fourth-order valence-corrected chi connectivity index (χ4v) is 6.61. The van der Waals surface area contributed by atoms with E-state index in [9.17, 15) is 14.4 Å². The Balaban J connectivity index is 1.40. The molecule has 0 N–H and O–H groups in total. The average molecular weight is 553 g/mol. The number of ether oxygens (including phenoxy) is 8. The normalized spacial score (nSPS) is 41.4. The Morgan fingerprint density at radius 3 is 2.03 bits per heavy atom. The summed E-state index contributed by atoms with van der Waals surface area (Å²) in [7, 11) is 0. The van der Waals surface area contributed by atoms with Crippen LogP contribution in [0.1, 0.15) is 72.1 Å². The van der Waals surface area contributed by atoms with Gasteiger partial charge in [-0.1, -0.05) is 19.4 Å². The fourth-order valence-electron chi connectivity index (χ4n) is 6.61. The Morgan fingerprint density at radius 1 is 0.821 bits per heavy atom. The maximum atomic E-state index is 12.9. The Hall–Kier alpha value is -2.05. The smallest absolute Gasteiger partial charge is 0.335 e. The van der Waals surface area contributed by atoms with Gasteiger partial charge in [0.15, 0.2) is 17.7 Å². The van der Waals surface area contributed by atoms with Crippen molar-refractivity contribution in [3.8, 4) is 0 Å². The molecule has 6 unspecified atom stereocenters. The fraction of sp³-hybridized carbons (Fsp3) is 0.821. The molecule has 218 valence electrons. The standard InChI is InChI=1S/C28H40O11/c1-5-32-24(30)17-11-7-9-13-27(17)34-15-19(37-27)20-21-22(26(35-20)36-23(29)16(3)4)39-28(38-21)14-10-8-12-18(28)25(31)33-6-2/h17-22,26H,3,5-15H2,1-2,4H3/t17?,18?,19?,20-,21+,22+,26?,27?,28?/m1/s1. The van der Waals surface area contributed by atoms with Crippen LogP contribution in [0.25, 0.3) is 0 Å². The highest BCUT2D eigenvalue weighted by atomic mass is 16.8. The zero-order chi connectivity index (χ0) is 27.8. The van der Waals surface area contributed by atoms with Crippen molar-refractivity contribution in [2.75, 3.05) is 19.8 Å². The summed E-state index contributed by atoms with van der Waals surface area (Å²) in [6.07, 6.45) is 1.66. The summed E-state index contributed by atoms with van der Waals surface area (Å²) in [6, 6.07) is 0. The number of esters is 3. The molecule has 3 heterocycles. The van der Waals surface area contributed by atoms with Gasteiger partial charge in [-0.2, -0.15) is 0 Å². The monoisotopic (exact) mass is 552 g/mol. The second-order valence-electron chi connectivity index (χ2n) is 11.0. The van der Waals surface area contributed by atoms with Crippen LogP contribution >= 0.6 is 0 Å². The van der Waals surface area contributed by atoms with Gasteiger partial charge in [0.05, 0.1) is 19.8 Å². The maximum Gasteiger partial charge on any atom is 0.335 e. The third-order valence-corrected chi connectivity index (χ3v) is 8.40. The van der Waals surface area contributed by atoms with E-state index in [1.807, 2.05) is 0 Å². The van der Waals surface area contributed by atoms with Gasteiger partial charge in [-0.15, -0.1) is 0 Å². The first-order chi connectivity index (χ1) is 18.7. The van der Waals surface area contributed by atoms with Gasteiger partial charge in [0, 0.05) is 18.4 Å². The zero-order valence-corrected chi connectivity index (χ0v) is 23.0. The van der Waals surface area contributed by atoms with E-state index in [0.717, 1.165) is 25.7 Å². The van der Waals surface area contributed by atoms with Crippen molar-refractivity contribution in [3.63, 3.8) is 0 Å². The van der Waals surface area contributed by atoms with Gasteiger partial charge < -0.3 is 37.9 Å². The van der Waals surface area contributed by atoms with Crippen molar-refractivity contribution in [2.45, 2.75) is 114 Å². The molecule has 11 heteroatoms. The molecule has 5 aliphatic rings. The van der Waals surface area contributed by atoms with Crippen molar-refractivity contribution in [2.24, 2.45) is 11.8 Å². The van der Waals surface area contributed by atoms with Crippen LogP contribution in [0, 0.1) is 11.8 Å². The number of carbonyl (C=O) groups excluding carboxylic acids is 3. The molecule has 5 fully saturated rings. The first kappa shape index (κ1) is 28.5.